The van der Waals surface area contributed by atoms with Gasteiger partial charge in [0, 0.05) is 54.5 Å². The van der Waals surface area contributed by atoms with Crippen LogP contribution in [0.5, 0.6) is 0 Å². The Balaban J connectivity index is 1.35. The Kier molecular flexibility index (Phi) is 3.51. The molecule has 0 spiro atoms. The van der Waals surface area contributed by atoms with Gasteiger partial charge in [-0.15, -0.1) is 11.3 Å². The second-order valence-corrected chi connectivity index (χ2v) is 6.63. The van der Waals surface area contributed by atoms with E-state index in [1.54, 1.807) is 17.7 Å². The number of nitrogens with one attached hydrogen (secondary N) is 1. The van der Waals surface area contributed by atoms with E-state index in [0.29, 0.717) is 12.0 Å². The van der Waals surface area contributed by atoms with E-state index in [0.717, 1.165) is 48.0 Å². The van der Waals surface area contributed by atoms with E-state index < -0.39 is 0 Å². The van der Waals surface area contributed by atoms with Gasteiger partial charge in [-0.3, -0.25) is 4.40 Å². The van der Waals surface area contributed by atoms with Gasteiger partial charge in [-0.05, 0) is 12.8 Å². The molecule has 0 bridgehead atoms. The van der Waals surface area contributed by atoms with Gasteiger partial charge in [0.1, 0.15) is 12.1 Å². The van der Waals surface area contributed by atoms with Crippen LogP contribution in [0.2, 0.25) is 0 Å². The summed E-state index contributed by atoms with van der Waals surface area (Å²) in [5.74, 6) is 1.38. The fourth-order valence-corrected chi connectivity index (χ4v) is 3.53. The molecule has 7 heteroatoms. The minimum absolute atomic E-state index is 0.339. The molecule has 6 nitrogen and oxygen atoms in total. The van der Waals surface area contributed by atoms with Crippen molar-refractivity contribution in [2.45, 2.75) is 31.2 Å². The maximum absolute atomic E-state index is 5.84. The van der Waals surface area contributed by atoms with E-state index in [4.69, 9.17) is 5.73 Å². The quantitative estimate of drug-likeness (QED) is 0.753. The first kappa shape index (κ1) is 13.7. The van der Waals surface area contributed by atoms with Crippen molar-refractivity contribution in [1.29, 1.82) is 0 Å². The summed E-state index contributed by atoms with van der Waals surface area (Å²) >= 11 is 1.65. The van der Waals surface area contributed by atoms with E-state index >= 15 is 0 Å². The van der Waals surface area contributed by atoms with Gasteiger partial charge in [-0.2, -0.15) is 0 Å². The Morgan fingerprint density at radius 1 is 1.36 bits per heavy atom. The van der Waals surface area contributed by atoms with Crippen LogP contribution < -0.4 is 11.1 Å². The van der Waals surface area contributed by atoms with Crippen molar-refractivity contribution in [2.24, 2.45) is 5.73 Å². The van der Waals surface area contributed by atoms with E-state index in [-0.39, 0.29) is 0 Å². The molecule has 0 amide bonds. The number of nitrogens with two attached hydrogens (primary N) is 1. The van der Waals surface area contributed by atoms with Crippen LogP contribution in [0.25, 0.3) is 4.96 Å². The lowest BCUT2D eigenvalue weighted by Gasteiger charge is -2.31. The predicted molar refractivity (Wildman–Crippen MR) is 87.2 cm³/mol. The molecule has 3 aromatic rings. The molecule has 0 aliphatic heterocycles. The molecule has 3 N–H and O–H groups in total. The van der Waals surface area contributed by atoms with Crippen molar-refractivity contribution in [2.75, 3.05) is 11.9 Å². The lowest BCUT2D eigenvalue weighted by molar-refractivity contribution is 0.345. The molecule has 4 rings (SSSR count). The maximum Gasteiger partial charge on any atom is 0.193 e. The number of imidazole rings is 1. The fourth-order valence-electron chi connectivity index (χ4n) is 2.81. The smallest absolute Gasteiger partial charge is 0.193 e. The standard InChI is InChI=1S/C15H18N6S/c16-11-5-10(6-11)13-7-14(19-9-18-13)17-2-1-12-8-21-3-4-22-15(21)20-12/h3-4,7-11H,1-2,5-6,16H2,(H,17,18,19). The van der Waals surface area contributed by atoms with Gasteiger partial charge in [0.05, 0.1) is 5.69 Å². The van der Waals surface area contributed by atoms with Crippen LogP contribution in [0, 0.1) is 0 Å². The van der Waals surface area contributed by atoms with Crippen LogP contribution in [-0.4, -0.2) is 31.9 Å². The van der Waals surface area contributed by atoms with Crippen molar-refractivity contribution in [3.05, 3.63) is 41.6 Å². The van der Waals surface area contributed by atoms with Crippen molar-refractivity contribution < 1.29 is 0 Å². The average Bonchev–Trinajstić information content (AvgIpc) is 3.05. The van der Waals surface area contributed by atoms with E-state index in [1.165, 1.54) is 0 Å². The van der Waals surface area contributed by atoms with E-state index in [2.05, 4.69) is 30.9 Å². The molecule has 1 fully saturated rings. The lowest BCUT2D eigenvalue weighted by Crippen LogP contribution is -2.35. The zero-order valence-electron chi connectivity index (χ0n) is 12.1. The summed E-state index contributed by atoms with van der Waals surface area (Å²) in [5.41, 5.74) is 8.04. The molecule has 0 atom stereocenters. The summed E-state index contributed by atoms with van der Waals surface area (Å²) in [6.45, 7) is 0.811. The molecule has 3 heterocycles. The second kappa shape index (κ2) is 5.66. The van der Waals surface area contributed by atoms with Crippen molar-refractivity contribution in [3.63, 3.8) is 0 Å². The molecular weight excluding hydrogens is 296 g/mol. The van der Waals surface area contributed by atoms with Gasteiger partial charge in [0.2, 0.25) is 0 Å². The molecule has 0 radical (unpaired) electrons. The third-order valence-electron chi connectivity index (χ3n) is 4.11. The van der Waals surface area contributed by atoms with Crippen LogP contribution in [0.3, 0.4) is 0 Å². The summed E-state index contributed by atoms with van der Waals surface area (Å²) in [6, 6.07) is 2.38. The highest BCUT2D eigenvalue weighted by Crippen LogP contribution is 2.34. The molecule has 1 saturated carbocycles. The van der Waals surface area contributed by atoms with Gasteiger partial charge >= 0.3 is 0 Å². The summed E-state index contributed by atoms with van der Waals surface area (Å²) in [4.78, 5) is 14.3. The first-order valence-electron chi connectivity index (χ1n) is 7.50. The molecular formula is C15H18N6S. The van der Waals surface area contributed by atoms with Crippen LogP contribution in [-0.2, 0) is 6.42 Å². The minimum Gasteiger partial charge on any atom is -0.370 e. The number of anilines is 1. The second-order valence-electron chi connectivity index (χ2n) is 5.76. The highest BCUT2D eigenvalue weighted by Gasteiger charge is 2.28. The Bertz CT molecular complexity index is 745. The van der Waals surface area contributed by atoms with Crippen molar-refractivity contribution in [1.82, 2.24) is 19.4 Å². The van der Waals surface area contributed by atoms with Gasteiger partial charge in [-0.25, -0.2) is 15.0 Å². The van der Waals surface area contributed by atoms with Crippen LogP contribution in [0.4, 0.5) is 5.82 Å². The van der Waals surface area contributed by atoms with Crippen LogP contribution in [0.15, 0.2) is 30.2 Å². The molecule has 0 saturated heterocycles. The molecule has 0 aromatic carbocycles. The minimum atomic E-state index is 0.339. The van der Waals surface area contributed by atoms with Crippen molar-refractivity contribution in [3.8, 4) is 0 Å². The molecule has 3 aromatic heterocycles. The zero-order chi connectivity index (χ0) is 14.9. The predicted octanol–water partition coefficient (Wildman–Crippen LogP) is 2.05. The van der Waals surface area contributed by atoms with Crippen molar-refractivity contribution >= 4 is 22.1 Å². The maximum atomic E-state index is 5.84. The molecule has 1 aliphatic rings. The van der Waals surface area contributed by atoms with Gasteiger partial charge in [0.25, 0.3) is 0 Å². The normalized spacial score (nSPS) is 21.0. The third-order valence-corrected chi connectivity index (χ3v) is 4.88. The van der Waals surface area contributed by atoms with E-state index in [9.17, 15) is 0 Å². The monoisotopic (exact) mass is 314 g/mol. The van der Waals surface area contributed by atoms with Gasteiger partial charge < -0.3 is 11.1 Å². The number of hydrogen-bond donors (Lipinski definition) is 2. The lowest BCUT2D eigenvalue weighted by atomic mass is 9.79. The fraction of sp³-hybridized carbons (Fsp3) is 0.400. The SMILES string of the molecule is NC1CC(c2cc(NCCc3cn4ccsc4n3)ncn2)C1. The van der Waals surface area contributed by atoms with E-state index in [1.807, 2.05) is 17.6 Å². The number of nitrogens with zero attached hydrogens (tertiary/aromatic N) is 4. The average molecular weight is 314 g/mol. The Morgan fingerprint density at radius 2 is 2.27 bits per heavy atom. The number of fused-ring (bicyclic) bond motifs is 1. The Hall–Kier alpha value is -1.99. The largest absolute Gasteiger partial charge is 0.370 e. The Labute approximate surface area is 132 Å². The van der Waals surface area contributed by atoms with Crippen LogP contribution >= 0.6 is 11.3 Å². The highest BCUT2D eigenvalue weighted by atomic mass is 32.1. The third kappa shape index (κ3) is 2.69. The number of rotatable bonds is 5. The summed E-state index contributed by atoms with van der Waals surface area (Å²) < 4.78 is 2.06. The summed E-state index contributed by atoms with van der Waals surface area (Å²) in [6.07, 6.45) is 8.68. The molecule has 1 aliphatic carbocycles. The molecule has 114 valence electrons. The number of aromatic nitrogens is 4. The summed E-state index contributed by atoms with van der Waals surface area (Å²) in [7, 11) is 0. The number of hydrogen-bond acceptors (Lipinski definition) is 6. The topological polar surface area (TPSA) is 81.1 Å². The molecule has 22 heavy (non-hydrogen) atoms. The van der Waals surface area contributed by atoms with Crippen LogP contribution in [0.1, 0.15) is 30.1 Å². The van der Waals surface area contributed by atoms with Gasteiger partial charge in [0.15, 0.2) is 4.96 Å². The zero-order valence-corrected chi connectivity index (χ0v) is 13.0. The summed E-state index contributed by atoms with van der Waals surface area (Å²) in [5, 5.41) is 5.40. The highest BCUT2D eigenvalue weighted by molar-refractivity contribution is 7.15. The molecule has 0 unspecified atom stereocenters. The van der Waals surface area contributed by atoms with Gasteiger partial charge in [-0.1, -0.05) is 0 Å². The first-order valence-corrected chi connectivity index (χ1v) is 8.38. The Morgan fingerprint density at radius 3 is 3.09 bits per heavy atom. The first-order chi connectivity index (χ1) is 10.8. The number of thiazole rings is 1.